The molecule has 1 fully saturated rings. The van der Waals surface area contributed by atoms with Crippen LogP contribution < -0.4 is 10.6 Å². The predicted molar refractivity (Wildman–Crippen MR) is 107 cm³/mol. The summed E-state index contributed by atoms with van der Waals surface area (Å²) in [7, 11) is 0. The fraction of sp³-hybridized carbons (Fsp3) is 0.412. The Morgan fingerprint density at radius 2 is 2.17 bits per heavy atom. The molecule has 0 aliphatic carbocycles. The maximum atomic E-state index is 12.5. The summed E-state index contributed by atoms with van der Waals surface area (Å²) in [4.78, 5) is 17.0. The van der Waals surface area contributed by atoms with Gasteiger partial charge in [0.05, 0.1) is 11.1 Å². The molecule has 2 N–H and O–H groups in total. The molecule has 1 aromatic carbocycles. The fourth-order valence-corrected chi connectivity index (χ4v) is 3.33. The first-order valence-electron chi connectivity index (χ1n) is 7.69. The number of benzene rings is 1. The summed E-state index contributed by atoms with van der Waals surface area (Å²) in [6.07, 6.45) is 2.24. The number of fused-ring (bicyclic) bond motifs is 1. The van der Waals surface area contributed by atoms with E-state index in [0.717, 1.165) is 47.1 Å². The minimum Gasteiger partial charge on any atom is -0.352 e. The van der Waals surface area contributed by atoms with Crippen LogP contribution in [0.15, 0.2) is 28.7 Å². The van der Waals surface area contributed by atoms with Gasteiger partial charge in [0.25, 0.3) is 5.91 Å². The van der Waals surface area contributed by atoms with Gasteiger partial charge in [0, 0.05) is 22.1 Å². The van der Waals surface area contributed by atoms with Crippen molar-refractivity contribution in [1.82, 2.24) is 15.6 Å². The van der Waals surface area contributed by atoms with Crippen LogP contribution in [0, 0.1) is 12.8 Å². The number of carbonyl (C=O) groups is 1. The molecule has 0 bridgehead atoms. The zero-order valence-electron chi connectivity index (χ0n) is 13.5. The molecule has 1 atom stereocenters. The minimum absolute atomic E-state index is 0. The van der Waals surface area contributed by atoms with E-state index in [-0.39, 0.29) is 30.7 Å². The molecule has 132 valence electrons. The van der Waals surface area contributed by atoms with Crippen molar-refractivity contribution in [2.24, 2.45) is 5.92 Å². The fourth-order valence-electron chi connectivity index (χ4n) is 2.96. The van der Waals surface area contributed by atoms with Gasteiger partial charge in [0.2, 0.25) is 0 Å². The number of nitrogens with one attached hydrogen (secondary N) is 2. The molecule has 1 saturated heterocycles. The van der Waals surface area contributed by atoms with Gasteiger partial charge >= 0.3 is 0 Å². The number of aromatic nitrogens is 1. The Hall–Kier alpha value is -0.880. The van der Waals surface area contributed by atoms with Gasteiger partial charge in [-0.25, -0.2) is 0 Å². The molecule has 0 spiro atoms. The topological polar surface area (TPSA) is 54.0 Å². The van der Waals surface area contributed by atoms with Crippen LogP contribution in [0.5, 0.6) is 0 Å². The lowest BCUT2D eigenvalue weighted by Gasteiger charge is -2.11. The van der Waals surface area contributed by atoms with Crippen LogP contribution in [0.2, 0.25) is 0 Å². The van der Waals surface area contributed by atoms with Crippen molar-refractivity contribution in [3.8, 4) is 0 Å². The van der Waals surface area contributed by atoms with E-state index in [1.807, 2.05) is 31.2 Å². The Morgan fingerprint density at radius 3 is 2.88 bits per heavy atom. The van der Waals surface area contributed by atoms with Crippen molar-refractivity contribution in [3.05, 3.63) is 40.0 Å². The normalized spacial score (nSPS) is 16.3. The van der Waals surface area contributed by atoms with Crippen LogP contribution in [-0.2, 0) is 0 Å². The monoisotopic (exact) mass is 433 g/mol. The molecule has 0 radical (unpaired) electrons. The zero-order valence-corrected chi connectivity index (χ0v) is 16.7. The predicted octanol–water partition coefficient (Wildman–Crippen LogP) is 3.88. The van der Waals surface area contributed by atoms with Crippen LogP contribution in [-0.4, -0.2) is 30.5 Å². The molecule has 1 aromatic heterocycles. The molecule has 1 unspecified atom stereocenters. The van der Waals surface area contributed by atoms with Crippen molar-refractivity contribution in [2.45, 2.75) is 19.8 Å². The highest BCUT2D eigenvalue weighted by Gasteiger charge is 2.16. The number of pyridine rings is 1. The highest BCUT2D eigenvalue weighted by atomic mass is 79.9. The summed E-state index contributed by atoms with van der Waals surface area (Å²) < 4.78 is 0.955. The number of halogens is 3. The quantitative estimate of drug-likeness (QED) is 0.767. The lowest BCUT2D eigenvalue weighted by molar-refractivity contribution is 0.0953. The zero-order chi connectivity index (χ0) is 15.5. The van der Waals surface area contributed by atoms with Crippen molar-refractivity contribution in [1.29, 1.82) is 0 Å². The number of hydrogen-bond acceptors (Lipinski definition) is 3. The Balaban J connectivity index is 0.00000144. The summed E-state index contributed by atoms with van der Waals surface area (Å²) in [5.41, 5.74) is 2.42. The summed E-state index contributed by atoms with van der Waals surface area (Å²) in [5.74, 6) is 0.671. The van der Waals surface area contributed by atoms with E-state index >= 15 is 0 Å². The first kappa shape index (κ1) is 21.2. The van der Waals surface area contributed by atoms with Crippen molar-refractivity contribution >= 4 is 57.6 Å². The molecule has 4 nitrogen and oxygen atoms in total. The van der Waals surface area contributed by atoms with E-state index < -0.39 is 0 Å². The average molecular weight is 435 g/mol. The number of amides is 1. The molecular formula is C17H22BrCl2N3O. The molecular weight excluding hydrogens is 413 g/mol. The first-order valence-corrected chi connectivity index (χ1v) is 8.48. The number of hydrogen-bond donors (Lipinski definition) is 2. The summed E-state index contributed by atoms with van der Waals surface area (Å²) in [6, 6.07) is 7.70. The molecule has 1 aliphatic rings. The second-order valence-corrected chi connectivity index (χ2v) is 6.79. The number of aryl methyl sites for hydroxylation is 1. The SMILES string of the molecule is Cc1cc(C(=O)NCCC2CCNC2)c2cc(Br)ccc2n1.Cl.Cl. The van der Waals surface area contributed by atoms with E-state index in [0.29, 0.717) is 11.5 Å². The molecule has 7 heteroatoms. The van der Waals surface area contributed by atoms with Crippen molar-refractivity contribution in [2.75, 3.05) is 19.6 Å². The van der Waals surface area contributed by atoms with Gasteiger partial charge in [-0.2, -0.15) is 0 Å². The summed E-state index contributed by atoms with van der Waals surface area (Å²) in [6.45, 7) is 4.81. The van der Waals surface area contributed by atoms with Gasteiger partial charge in [0.1, 0.15) is 0 Å². The highest BCUT2D eigenvalue weighted by molar-refractivity contribution is 9.10. The third kappa shape index (κ3) is 5.06. The second kappa shape index (κ2) is 9.56. The Morgan fingerprint density at radius 1 is 1.38 bits per heavy atom. The molecule has 24 heavy (non-hydrogen) atoms. The van der Waals surface area contributed by atoms with Gasteiger partial charge < -0.3 is 10.6 Å². The van der Waals surface area contributed by atoms with E-state index in [1.54, 1.807) is 0 Å². The Labute approximate surface area is 163 Å². The van der Waals surface area contributed by atoms with Gasteiger partial charge in [-0.1, -0.05) is 15.9 Å². The van der Waals surface area contributed by atoms with Crippen LogP contribution in [0.4, 0.5) is 0 Å². The standard InChI is InChI=1S/C17H20BrN3O.2ClH/c1-11-8-15(14-9-13(18)2-3-16(14)21-11)17(22)20-7-5-12-4-6-19-10-12;;/h2-3,8-9,12,19H,4-7,10H2,1H3,(H,20,22);2*1H. The number of nitrogens with zero attached hydrogens (tertiary/aromatic N) is 1. The lowest BCUT2D eigenvalue weighted by Crippen LogP contribution is -2.26. The van der Waals surface area contributed by atoms with Crippen LogP contribution in [0.25, 0.3) is 10.9 Å². The average Bonchev–Trinajstić information content (AvgIpc) is 3.00. The third-order valence-electron chi connectivity index (χ3n) is 4.14. The van der Waals surface area contributed by atoms with E-state index in [4.69, 9.17) is 0 Å². The molecule has 3 rings (SSSR count). The van der Waals surface area contributed by atoms with Crippen LogP contribution >= 0.6 is 40.7 Å². The Kier molecular flexibility index (Phi) is 8.43. The largest absolute Gasteiger partial charge is 0.352 e. The van der Waals surface area contributed by atoms with Crippen LogP contribution in [0.1, 0.15) is 28.9 Å². The van der Waals surface area contributed by atoms with Crippen LogP contribution in [0.3, 0.4) is 0 Å². The summed E-state index contributed by atoms with van der Waals surface area (Å²) >= 11 is 3.47. The smallest absolute Gasteiger partial charge is 0.252 e. The van der Waals surface area contributed by atoms with Gasteiger partial charge in [0.15, 0.2) is 0 Å². The van der Waals surface area contributed by atoms with Crippen molar-refractivity contribution in [3.63, 3.8) is 0 Å². The minimum atomic E-state index is -0.0143. The third-order valence-corrected chi connectivity index (χ3v) is 4.64. The Bertz CT molecular complexity index is 706. The molecule has 0 saturated carbocycles. The second-order valence-electron chi connectivity index (χ2n) is 5.88. The van der Waals surface area contributed by atoms with E-state index in [1.165, 1.54) is 6.42 Å². The number of rotatable bonds is 4. The first-order chi connectivity index (χ1) is 10.6. The van der Waals surface area contributed by atoms with E-state index in [9.17, 15) is 4.79 Å². The van der Waals surface area contributed by atoms with Gasteiger partial charge in [-0.15, -0.1) is 24.8 Å². The number of carbonyl (C=O) groups excluding carboxylic acids is 1. The molecule has 2 heterocycles. The van der Waals surface area contributed by atoms with Gasteiger partial charge in [-0.3, -0.25) is 9.78 Å². The maximum absolute atomic E-state index is 12.5. The maximum Gasteiger partial charge on any atom is 0.252 e. The molecule has 1 amide bonds. The highest BCUT2D eigenvalue weighted by Crippen LogP contribution is 2.23. The lowest BCUT2D eigenvalue weighted by atomic mass is 10.0. The van der Waals surface area contributed by atoms with Gasteiger partial charge in [-0.05, 0) is 63.0 Å². The van der Waals surface area contributed by atoms with E-state index in [2.05, 4.69) is 31.5 Å². The molecule has 2 aromatic rings. The van der Waals surface area contributed by atoms with Crippen molar-refractivity contribution < 1.29 is 4.79 Å². The summed E-state index contributed by atoms with van der Waals surface area (Å²) in [5, 5.41) is 7.30. The molecule has 1 aliphatic heterocycles.